The van der Waals surface area contributed by atoms with Gasteiger partial charge in [-0.1, -0.05) is 23.7 Å². The lowest BCUT2D eigenvalue weighted by Crippen LogP contribution is -2.14. The molecule has 0 aliphatic heterocycles. The maximum Gasteiger partial charge on any atom is 0.270 e. The number of Topliss-reactive ketones (excluding diaryl/α,β-unsaturated/α-hetero) is 1. The number of hydrogen-bond donors (Lipinski definition) is 0. The summed E-state index contributed by atoms with van der Waals surface area (Å²) in [4.78, 5) is 27.4. The van der Waals surface area contributed by atoms with E-state index in [0.29, 0.717) is 27.0 Å². The highest BCUT2D eigenvalue weighted by Gasteiger charge is 2.24. The molecule has 7 nitrogen and oxygen atoms in total. The molecule has 0 saturated heterocycles. The van der Waals surface area contributed by atoms with E-state index in [1.54, 1.807) is 35.7 Å². The lowest BCUT2D eigenvalue weighted by Gasteiger charge is -2.09. The summed E-state index contributed by atoms with van der Waals surface area (Å²) >= 11 is 7.15. The summed E-state index contributed by atoms with van der Waals surface area (Å²) in [6.07, 6.45) is 0.0472. The standard InChI is InChI=1S/C21H16ClN3O4S/c1-13-9-16(5-6-18(13)22)29-8-7-20(26)17(11-23)21-24-19(12-30-21)14-3-2-4-15(10-14)25(27)28/h2-6,9-10,12,17H,7-8H2,1H3. The highest BCUT2D eigenvalue weighted by molar-refractivity contribution is 7.10. The second-order valence-electron chi connectivity index (χ2n) is 6.42. The molecule has 1 heterocycles. The largest absolute Gasteiger partial charge is 0.493 e. The van der Waals surface area contributed by atoms with Gasteiger partial charge in [0.15, 0.2) is 11.7 Å². The zero-order chi connectivity index (χ0) is 21.7. The van der Waals surface area contributed by atoms with Crippen molar-refractivity contribution in [3.8, 4) is 23.1 Å². The molecule has 1 aromatic heterocycles. The molecule has 152 valence electrons. The van der Waals surface area contributed by atoms with Crippen molar-refractivity contribution in [3.63, 3.8) is 0 Å². The number of benzene rings is 2. The number of non-ortho nitro benzene ring substituents is 1. The van der Waals surface area contributed by atoms with E-state index in [-0.39, 0.29) is 24.5 Å². The zero-order valence-corrected chi connectivity index (χ0v) is 17.4. The van der Waals surface area contributed by atoms with E-state index in [2.05, 4.69) is 4.98 Å². The van der Waals surface area contributed by atoms with Crippen LogP contribution >= 0.6 is 22.9 Å². The monoisotopic (exact) mass is 441 g/mol. The fourth-order valence-corrected chi connectivity index (χ4v) is 3.73. The predicted octanol–water partition coefficient (Wildman–Crippen LogP) is 5.33. The quantitative estimate of drug-likeness (QED) is 0.345. The molecule has 2 aromatic carbocycles. The third-order valence-electron chi connectivity index (χ3n) is 4.32. The molecule has 3 aromatic rings. The van der Waals surface area contributed by atoms with Crippen molar-refractivity contribution >= 4 is 34.4 Å². The van der Waals surface area contributed by atoms with Crippen molar-refractivity contribution in [2.24, 2.45) is 0 Å². The Labute approximate surface area is 181 Å². The van der Waals surface area contributed by atoms with E-state index >= 15 is 0 Å². The van der Waals surface area contributed by atoms with Crippen molar-refractivity contribution in [2.45, 2.75) is 19.3 Å². The number of rotatable bonds is 8. The van der Waals surface area contributed by atoms with Crippen LogP contribution in [0.3, 0.4) is 0 Å². The van der Waals surface area contributed by atoms with Gasteiger partial charge < -0.3 is 4.74 Å². The summed E-state index contributed by atoms with van der Waals surface area (Å²) in [5.41, 5.74) is 1.85. The summed E-state index contributed by atoms with van der Waals surface area (Å²) in [7, 11) is 0. The molecule has 1 atom stereocenters. The highest BCUT2D eigenvalue weighted by Crippen LogP contribution is 2.29. The van der Waals surface area contributed by atoms with Crippen LogP contribution in [0, 0.1) is 28.4 Å². The van der Waals surface area contributed by atoms with Gasteiger partial charge in [-0.15, -0.1) is 11.3 Å². The summed E-state index contributed by atoms with van der Waals surface area (Å²) in [5, 5.41) is 23.1. The van der Waals surface area contributed by atoms with Gasteiger partial charge in [0.2, 0.25) is 0 Å². The fraction of sp³-hybridized carbons (Fsp3) is 0.190. The van der Waals surface area contributed by atoms with Crippen LogP contribution in [-0.2, 0) is 4.79 Å². The van der Waals surface area contributed by atoms with Gasteiger partial charge in [-0.3, -0.25) is 14.9 Å². The Morgan fingerprint density at radius 3 is 2.87 bits per heavy atom. The molecule has 9 heteroatoms. The predicted molar refractivity (Wildman–Crippen MR) is 114 cm³/mol. The summed E-state index contributed by atoms with van der Waals surface area (Å²) in [6.45, 7) is 1.98. The van der Waals surface area contributed by atoms with Crippen molar-refractivity contribution in [1.29, 1.82) is 5.26 Å². The van der Waals surface area contributed by atoms with Gasteiger partial charge in [0.05, 0.1) is 23.3 Å². The van der Waals surface area contributed by atoms with Gasteiger partial charge in [-0.2, -0.15) is 5.26 Å². The molecule has 0 N–H and O–H groups in total. The van der Waals surface area contributed by atoms with Gasteiger partial charge in [-0.25, -0.2) is 4.98 Å². The van der Waals surface area contributed by atoms with Gasteiger partial charge in [0.25, 0.3) is 5.69 Å². The first-order valence-electron chi connectivity index (χ1n) is 8.90. The molecule has 3 rings (SSSR count). The van der Waals surface area contributed by atoms with Crippen LogP contribution in [0.5, 0.6) is 5.75 Å². The summed E-state index contributed by atoms with van der Waals surface area (Å²) in [6, 6.07) is 13.3. The number of nitro groups is 1. The average molecular weight is 442 g/mol. The number of aromatic nitrogens is 1. The minimum Gasteiger partial charge on any atom is -0.493 e. The first kappa shape index (κ1) is 21.4. The maximum absolute atomic E-state index is 12.5. The molecule has 30 heavy (non-hydrogen) atoms. The van der Waals surface area contributed by atoms with Gasteiger partial charge in [0, 0.05) is 34.5 Å². The lowest BCUT2D eigenvalue weighted by molar-refractivity contribution is -0.384. The fourth-order valence-electron chi connectivity index (χ4n) is 2.72. The Morgan fingerprint density at radius 2 is 2.17 bits per heavy atom. The number of nitro benzene ring substituents is 1. The van der Waals surface area contributed by atoms with Crippen molar-refractivity contribution in [2.75, 3.05) is 6.61 Å². The lowest BCUT2D eigenvalue weighted by atomic mass is 10.0. The summed E-state index contributed by atoms with van der Waals surface area (Å²) < 4.78 is 5.58. The molecular weight excluding hydrogens is 426 g/mol. The smallest absolute Gasteiger partial charge is 0.270 e. The number of ether oxygens (including phenoxy) is 1. The molecule has 0 aliphatic carbocycles. The van der Waals surface area contributed by atoms with E-state index in [4.69, 9.17) is 16.3 Å². The van der Waals surface area contributed by atoms with E-state index in [0.717, 1.165) is 5.56 Å². The topological polar surface area (TPSA) is 106 Å². The Bertz CT molecular complexity index is 1140. The number of carbonyl (C=O) groups excluding carboxylic acids is 1. The van der Waals surface area contributed by atoms with Gasteiger partial charge >= 0.3 is 0 Å². The van der Waals surface area contributed by atoms with E-state index in [1.807, 2.05) is 13.0 Å². The van der Waals surface area contributed by atoms with Crippen LogP contribution < -0.4 is 4.74 Å². The number of carbonyl (C=O) groups is 1. The van der Waals surface area contributed by atoms with Crippen LogP contribution in [0.15, 0.2) is 47.8 Å². The number of nitriles is 1. The van der Waals surface area contributed by atoms with E-state index in [1.165, 1.54) is 23.5 Å². The molecule has 1 unspecified atom stereocenters. The normalized spacial score (nSPS) is 11.5. The molecule has 0 fully saturated rings. The highest BCUT2D eigenvalue weighted by atomic mass is 35.5. The van der Waals surface area contributed by atoms with Gasteiger partial charge in [0.1, 0.15) is 10.8 Å². The Kier molecular flexibility index (Phi) is 6.77. The van der Waals surface area contributed by atoms with E-state index in [9.17, 15) is 20.2 Å². The van der Waals surface area contributed by atoms with Crippen LogP contribution in [0.1, 0.15) is 22.9 Å². The minimum atomic E-state index is -1.02. The third kappa shape index (κ3) is 5.00. The Morgan fingerprint density at radius 1 is 1.37 bits per heavy atom. The number of nitrogens with zero attached hydrogens (tertiary/aromatic N) is 3. The number of hydrogen-bond acceptors (Lipinski definition) is 7. The average Bonchev–Trinajstić information content (AvgIpc) is 3.21. The molecule has 0 spiro atoms. The van der Waals surface area contributed by atoms with Crippen LogP contribution in [0.4, 0.5) is 5.69 Å². The van der Waals surface area contributed by atoms with Crippen molar-refractivity contribution in [3.05, 3.63) is 73.6 Å². The SMILES string of the molecule is Cc1cc(OCCC(=O)C(C#N)c2nc(-c3cccc([N+](=O)[O-])c3)cs2)ccc1Cl. The Hall–Kier alpha value is -3.28. The second kappa shape index (κ2) is 9.48. The first-order chi connectivity index (χ1) is 14.4. The zero-order valence-electron chi connectivity index (χ0n) is 15.9. The Balaban J connectivity index is 1.66. The van der Waals surface area contributed by atoms with Crippen molar-refractivity contribution < 1.29 is 14.5 Å². The number of ketones is 1. The number of thiazole rings is 1. The molecule has 0 bridgehead atoms. The van der Waals surface area contributed by atoms with Crippen LogP contribution in [0.25, 0.3) is 11.3 Å². The molecule has 0 radical (unpaired) electrons. The number of halogens is 1. The molecule has 0 saturated carbocycles. The summed E-state index contributed by atoms with van der Waals surface area (Å²) in [5.74, 6) is -0.721. The molecule has 0 aliphatic rings. The third-order valence-corrected chi connectivity index (χ3v) is 5.65. The maximum atomic E-state index is 12.5. The molecular formula is C21H16ClN3O4S. The first-order valence-corrected chi connectivity index (χ1v) is 10.2. The van der Waals surface area contributed by atoms with E-state index < -0.39 is 10.8 Å². The van der Waals surface area contributed by atoms with Gasteiger partial charge in [-0.05, 0) is 30.7 Å². The van der Waals surface area contributed by atoms with Crippen LogP contribution in [-0.4, -0.2) is 22.3 Å². The van der Waals surface area contributed by atoms with Crippen molar-refractivity contribution in [1.82, 2.24) is 4.98 Å². The second-order valence-corrected chi connectivity index (χ2v) is 7.71. The minimum absolute atomic E-state index is 0.0472. The van der Waals surface area contributed by atoms with Crippen LogP contribution in [0.2, 0.25) is 5.02 Å². The molecule has 0 amide bonds. The number of aryl methyl sites for hydroxylation is 1.